The van der Waals surface area contributed by atoms with Crippen LogP contribution in [0.4, 0.5) is 8.78 Å². The minimum Gasteiger partial charge on any atom is -0.313 e. The number of halogens is 2. The maximum absolute atomic E-state index is 13.7. The summed E-state index contributed by atoms with van der Waals surface area (Å²) in [6.45, 7) is 2.79. The zero-order valence-electron chi connectivity index (χ0n) is 11.0. The van der Waals surface area contributed by atoms with Crippen LogP contribution in [0.5, 0.6) is 0 Å². The molecule has 19 heavy (non-hydrogen) atoms. The fraction of sp³-hybridized carbons (Fsp3) is 0.571. The largest absolute Gasteiger partial charge is 0.313 e. The van der Waals surface area contributed by atoms with E-state index in [0.717, 1.165) is 50.4 Å². The fourth-order valence-electron chi connectivity index (χ4n) is 2.64. The predicted molar refractivity (Wildman–Crippen MR) is 72.5 cm³/mol. The monoisotopic (exact) mass is 287 g/mol. The van der Waals surface area contributed by atoms with E-state index in [4.69, 9.17) is 0 Å². The minimum absolute atomic E-state index is 0.00481. The van der Waals surface area contributed by atoms with Crippen molar-refractivity contribution in [2.45, 2.75) is 48.8 Å². The molecule has 1 aromatic carbocycles. The van der Waals surface area contributed by atoms with E-state index in [0.29, 0.717) is 0 Å². The van der Waals surface area contributed by atoms with Gasteiger partial charge in [-0.3, -0.25) is 4.21 Å². The van der Waals surface area contributed by atoms with Gasteiger partial charge in [-0.1, -0.05) is 19.8 Å². The molecule has 2 nitrogen and oxygen atoms in total. The van der Waals surface area contributed by atoms with E-state index < -0.39 is 22.4 Å². The van der Waals surface area contributed by atoms with Crippen molar-refractivity contribution in [2.75, 3.05) is 6.54 Å². The van der Waals surface area contributed by atoms with Crippen LogP contribution in [0.1, 0.15) is 32.6 Å². The quantitative estimate of drug-likeness (QED) is 0.922. The molecule has 0 radical (unpaired) electrons. The first kappa shape index (κ1) is 14.6. The van der Waals surface area contributed by atoms with Gasteiger partial charge in [-0.15, -0.1) is 0 Å². The molecule has 1 aliphatic rings. The number of nitrogens with one attached hydrogen (secondary N) is 1. The Bertz CT molecular complexity index is 465. The second kappa shape index (κ2) is 6.57. The van der Waals surface area contributed by atoms with Gasteiger partial charge in [-0.25, -0.2) is 8.78 Å². The van der Waals surface area contributed by atoms with E-state index in [1.165, 1.54) is 0 Å². The smallest absolute Gasteiger partial charge is 0.139 e. The molecule has 0 aromatic heterocycles. The molecule has 5 heteroatoms. The highest BCUT2D eigenvalue weighted by Crippen LogP contribution is 2.27. The number of hydrogen-bond acceptors (Lipinski definition) is 2. The van der Waals surface area contributed by atoms with Gasteiger partial charge >= 0.3 is 0 Å². The van der Waals surface area contributed by atoms with Crippen LogP contribution in [0.2, 0.25) is 0 Å². The summed E-state index contributed by atoms with van der Waals surface area (Å²) in [6.07, 6.45) is 3.83. The Morgan fingerprint density at radius 1 is 1.32 bits per heavy atom. The maximum atomic E-state index is 13.7. The third-order valence-electron chi connectivity index (χ3n) is 3.55. The molecule has 0 spiro atoms. The number of benzene rings is 1. The van der Waals surface area contributed by atoms with Crippen LogP contribution in [0, 0.1) is 11.6 Å². The standard InChI is InChI=1S/C14H19F2NOS/c1-2-17-12-5-3-4-6-13(12)19(18)14-9-10(15)7-8-11(14)16/h7-9,12-13,17H,2-6H2,1H3. The molecule has 2 rings (SSSR count). The predicted octanol–water partition coefficient (Wildman–Crippen LogP) is 2.99. The molecule has 0 heterocycles. The second-order valence-corrected chi connectivity index (χ2v) is 6.50. The van der Waals surface area contributed by atoms with Crippen LogP contribution in [0.25, 0.3) is 0 Å². The van der Waals surface area contributed by atoms with Gasteiger partial charge in [-0.2, -0.15) is 0 Å². The summed E-state index contributed by atoms with van der Waals surface area (Å²) in [6, 6.07) is 3.29. The number of hydrogen-bond donors (Lipinski definition) is 1. The Labute approximate surface area is 115 Å². The van der Waals surface area contributed by atoms with Gasteiger partial charge in [0, 0.05) is 6.04 Å². The summed E-state index contributed by atoms with van der Waals surface area (Å²) >= 11 is 0. The molecule has 0 saturated heterocycles. The van der Waals surface area contributed by atoms with Gasteiger partial charge in [-0.05, 0) is 37.6 Å². The van der Waals surface area contributed by atoms with Crippen molar-refractivity contribution in [1.82, 2.24) is 5.32 Å². The molecule has 1 N–H and O–H groups in total. The van der Waals surface area contributed by atoms with Gasteiger partial charge in [0.15, 0.2) is 0 Å². The third kappa shape index (κ3) is 3.39. The van der Waals surface area contributed by atoms with Gasteiger partial charge in [0.25, 0.3) is 0 Å². The molecule has 0 aliphatic heterocycles. The van der Waals surface area contributed by atoms with E-state index in [9.17, 15) is 13.0 Å². The first-order valence-electron chi connectivity index (χ1n) is 6.72. The zero-order chi connectivity index (χ0) is 13.8. The molecule has 1 aliphatic carbocycles. The van der Waals surface area contributed by atoms with Crippen LogP contribution in [0.15, 0.2) is 23.1 Å². The summed E-state index contributed by atoms with van der Waals surface area (Å²) in [5.41, 5.74) is 0. The summed E-state index contributed by atoms with van der Waals surface area (Å²) in [5, 5.41) is 3.18. The lowest BCUT2D eigenvalue weighted by molar-refractivity contribution is 0.384. The Hall–Kier alpha value is -0.810. The van der Waals surface area contributed by atoms with Gasteiger partial charge in [0.05, 0.1) is 20.9 Å². The molecule has 106 valence electrons. The van der Waals surface area contributed by atoms with Crippen molar-refractivity contribution in [1.29, 1.82) is 0 Å². The zero-order valence-corrected chi connectivity index (χ0v) is 11.8. The highest BCUT2D eigenvalue weighted by atomic mass is 32.2. The lowest BCUT2D eigenvalue weighted by Gasteiger charge is -2.31. The van der Waals surface area contributed by atoms with Gasteiger partial charge in [0.1, 0.15) is 11.6 Å². The molecule has 0 amide bonds. The van der Waals surface area contributed by atoms with Crippen molar-refractivity contribution in [3.63, 3.8) is 0 Å². The Morgan fingerprint density at radius 2 is 2.05 bits per heavy atom. The van der Waals surface area contributed by atoms with E-state index >= 15 is 0 Å². The average Bonchev–Trinajstić information content (AvgIpc) is 2.42. The second-order valence-electron chi connectivity index (χ2n) is 4.86. The van der Waals surface area contributed by atoms with E-state index in [1.807, 2.05) is 6.92 Å². The van der Waals surface area contributed by atoms with Crippen molar-refractivity contribution in [2.24, 2.45) is 0 Å². The molecular weight excluding hydrogens is 268 g/mol. The van der Waals surface area contributed by atoms with Gasteiger partial charge < -0.3 is 5.32 Å². The molecule has 1 saturated carbocycles. The SMILES string of the molecule is CCNC1CCCCC1S(=O)c1cc(F)ccc1F. The van der Waals surface area contributed by atoms with E-state index in [1.54, 1.807) is 0 Å². The van der Waals surface area contributed by atoms with Crippen molar-refractivity contribution >= 4 is 10.8 Å². The normalized spacial score (nSPS) is 25.2. The lowest BCUT2D eigenvalue weighted by Crippen LogP contribution is -2.44. The Kier molecular flexibility index (Phi) is 5.05. The summed E-state index contributed by atoms with van der Waals surface area (Å²) in [5.74, 6) is -1.12. The molecule has 1 aromatic rings. The minimum atomic E-state index is -1.50. The highest BCUT2D eigenvalue weighted by molar-refractivity contribution is 7.85. The Morgan fingerprint density at radius 3 is 2.79 bits per heavy atom. The van der Waals surface area contributed by atoms with Crippen LogP contribution in [0.3, 0.4) is 0 Å². The molecular formula is C14H19F2NOS. The summed E-state index contributed by atoms with van der Waals surface area (Å²) in [4.78, 5) is -0.00481. The topological polar surface area (TPSA) is 29.1 Å². The first-order valence-corrected chi connectivity index (χ1v) is 7.93. The average molecular weight is 287 g/mol. The Balaban J connectivity index is 2.23. The molecule has 3 unspecified atom stereocenters. The first-order chi connectivity index (χ1) is 9.13. The van der Waals surface area contributed by atoms with Crippen molar-refractivity contribution < 1.29 is 13.0 Å². The van der Waals surface area contributed by atoms with Crippen LogP contribution < -0.4 is 5.32 Å². The van der Waals surface area contributed by atoms with E-state index in [2.05, 4.69) is 5.32 Å². The van der Waals surface area contributed by atoms with Gasteiger partial charge in [0.2, 0.25) is 0 Å². The lowest BCUT2D eigenvalue weighted by atomic mass is 9.95. The summed E-state index contributed by atoms with van der Waals surface area (Å²) in [7, 11) is -1.50. The number of rotatable bonds is 4. The fourth-order valence-corrected chi connectivity index (χ4v) is 4.37. The van der Waals surface area contributed by atoms with E-state index in [-0.39, 0.29) is 16.2 Å². The van der Waals surface area contributed by atoms with Crippen LogP contribution >= 0.6 is 0 Å². The van der Waals surface area contributed by atoms with Crippen LogP contribution in [-0.2, 0) is 10.8 Å². The van der Waals surface area contributed by atoms with Crippen molar-refractivity contribution in [3.8, 4) is 0 Å². The van der Waals surface area contributed by atoms with Crippen LogP contribution in [-0.4, -0.2) is 22.0 Å². The molecule has 1 fully saturated rings. The maximum Gasteiger partial charge on any atom is 0.139 e. The molecule has 0 bridgehead atoms. The molecule has 3 atom stereocenters. The summed E-state index contributed by atoms with van der Waals surface area (Å²) < 4.78 is 39.4. The highest BCUT2D eigenvalue weighted by Gasteiger charge is 2.31. The van der Waals surface area contributed by atoms with Crippen molar-refractivity contribution in [3.05, 3.63) is 29.8 Å². The third-order valence-corrected chi connectivity index (χ3v) is 5.41.